The lowest BCUT2D eigenvalue weighted by Crippen LogP contribution is -2.17. The first-order valence-electron chi connectivity index (χ1n) is 13.1. The maximum Gasteiger partial charge on any atom is 0.310 e. The summed E-state index contributed by atoms with van der Waals surface area (Å²) in [5.74, 6) is 1.06. The van der Waals surface area contributed by atoms with Crippen molar-refractivity contribution in [1.29, 1.82) is 0 Å². The predicted molar refractivity (Wildman–Crippen MR) is 145 cm³/mol. The molecule has 2 heterocycles. The van der Waals surface area contributed by atoms with E-state index in [9.17, 15) is 4.79 Å². The zero-order valence-electron chi connectivity index (χ0n) is 21.6. The van der Waals surface area contributed by atoms with Gasteiger partial charge in [-0.1, -0.05) is 36.4 Å². The summed E-state index contributed by atoms with van der Waals surface area (Å²) in [6.45, 7) is 4.04. The third-order valence-corrected chi connectivity index (χ3v) is 6.67. The first kappa shape index (κ1) is 25.8. The fourth-order valence-corrected chi connectivity index (χ4v) is 4.80. The van der Waals surface area contributed by atoms with Gasteiger partial charge in [0, 0.05) is 29.8 Å². The molecule has 38 heavy (non-hydrogen) atoms. The molecule has 2 N–H and O–H groups in total. The van der Waals surface area contributed by atoms with Gasteiger partial charge in [0.2, 0.25) is 0 Å². The van der Waals surface area contributed by atoms with Gasteiger partial charge < -0.3 is 29.1 Å². The molecule has 0 spiro atoms. The molecule has 1 aromatic heterocycles. The molecule has 0 radical (unpaired) electrons. The lowest BCUT2D eigenvalue weighted by molar-refractivity contribution is -0.142. The Labute approximate surface area is 222 Å². The molecule has 4 aromatic rings. The van der Waals surface area contributed by atoms with Gasteiger partial charge >= 0.3 is 5.97 Å². The lowest BCUT2D eigenvalue weighted by atomic mass is 9.98. The van der Waals surface area contributed by atoms with Crippen LogP contribution in [0.25, 0.3) is 22.1 Å². The minimum Gasteiger partial charge on any atom is -0.490 e. The smallest absolute Gasteiger partial charge is 0.310 e. The fourth-order valence-electron chi connectivity index (χ4n) is 4.80. The molecular formula is C31H33NO6. The van der Waals surface area contributed by atoms with Crippen molar-refractivity contribution in [2.75, 3.05) is 19.8 Å². The maximum atomic E-state index is 12.1. The summed E-state index contributed by atoms with van der Waals surface area (Å²) in [6, 6.07) is 19.6. The van der Waals surface area contributed by atoms with Crippen LogP contribution in [0.5, 0.6) is 11.5 Å². The summed E-state index contributed by atoms with van der Waals surface area (Å²) >= 11 is 0. The highest BCUT2D eigenvalue weighted by atomic mass is 16.5. The van der Waals surface area contributed by atoms with Crippen LogP contribution < -0.4 is 15.2 Å². The van der Waals surface area contributed by atoms with E-state index >= 15 is 0 Å². The van der Waals surface area contributed by atoms with Crippen molar-refractivity contribution in [1.82, 2.24) is 0 Å². The van der Waals surface area contributed by atoms with Crippen LogP contribution in [-0.2, 0) is 33.8 Å². The molecule has 7 nitrogen and oxygen atoms in total. The zero-order chi connectivity index (χ0) is 26.3. The minimum absolute atomic E-state index is 0.0666. The second kappa shape index (κ2) is 12.2. The molecule has 0 aliphatic carbocycles. The largest absolute Gasteiger partial charge is 0.490 e. The molecule has 1 aliphatic heterocycles. The number of nitrogens with two attached hydrogens (primary N) is 1. The average Bonchev–Trinajstić information content (AvgIpc) is 3.64. The molecular weight excluding hydrogens is 482 g/mol. The Bertz CT molecular complexity index is 1390. The topological polar surface area (TPSA) is 93.2 Å². The highest BCUT2D eigenvalue weighted by Gasteiger charge is 2.22. The number of carbonyl (C=O) groups excluding carboxylic acids is 1. The van der Waals surface area contributed by atoms with E-state index in [2.05, 4.69) is 12.1 Å². The number of ether oxygens (including phenoxy) is 4. The van der Waals surface area contributed by atoms with Crippen molar-refractivity contribution in [2.24, 2.45) is 5.73 Å². The Morgan fingerprint density at radius 2 is 1.95 bits per heavy atom. The lowest BCUT2D eigenvalue weighted by Gasteiger charge is -2.18. The molecule has 3 aromatic carbocycles. The number of carbonyl (C=O) groups is 1. The van der Waals surface area contributed by atoms with Crippen LogP contribution >= 0.6 is 0 Å². The summed E-state index contributed by atoms with van der Waals surface area (Å²) < 4.78 is 29.6. The molecule has 0 amide bonds. The summed E-state index contributed by atoms with van der Waals surface area (Å²) in [7, 11) is 0. The minimum atomic E-state index is -0.286. The quantitative estimate of drug-likeness (QED) is 0.252. The van der Waals surface area contributed by atoms with E-state index in [0.29, 0.717) is 31.3 Å². The predicted octanol–water partition coefficient (Wildman–Crippen LogP) is 5.80. The molecule has 1 saturated heterocycles. The van der Waals surface area contributed by atoms with Gasteiger partial charge in [0.15, 0.2) is 0 Å². The van der Waals surface area contributed by atoms with E-state index in [-0.39, 0.29) is 25.1 Å². The average molecular weight is 516 g/mol. The van der Waals surface area contributed by atoms with E-state index < -0.39 is 0 Å². The number of furan rings is 1. The van der Waals surface area contributed by atoms with Crippen molar-refractivity contribution in [3.05, 3.63) is 83.6 Å². The van der Waals surface area contributed by atoms with Crippen LogP contribution in [0, 0.1) is 0 Å². The Morgan fingerprint density at radius 3 is 2.76 bits per heavy atom. The van der Waals surface area contributed by atoms with Crippen LogP contribution in [0.1, 0.15) is 36.5 Å². The number of esters is 1. The van der Waals surface area contributed by atoms with Crippen molar-refractivity contribution in [2.45, 2.75) is 45.4 Å². The Kier molecular flexibility index (Phi) is 8.26. The molecule has 5 rings (SSSR count). The molecule has 0 saturated carbocycles. The second-order valence-corrected chi connectivity index (χ2v) is 9.30. The standard InChI is InChI=1S/C31H33NO6/c1-2-34-29(33)17-23-8-3-4-11-28(23)37-19-24-16-27(22-9-5-7-21(15-22)18-32)31-26(12-14-36-31)30(24)38-20-25-10-6-13-35-25/h3-5,7-9,11-12,14-16,25H,2,6,10,13,17-20,32H2,1H3. The van der Waals surface area contributed by atoms with Gasteiger partial charge in [0.1, 0.15) is 30.3 Å². The number of fused-ring (bicyclic) bond motifs is 1. The van der Waals surface area contributed by atoms with Gasteiger partial charge in [-0.2, -0.15) is 0 Å². The number of benzene rings is 3. The molecule has 1 unspecified atom stereocenters. The summed E-state index contributed by atoms with van der Waals surface area (Å²) in [6.07, 6.45) is 3.91. The van der Waals surface area contributed by atoms with Crippen molar-refractivity contribution < 1.29 is 28.2 Å². The molecule has 1 aliphatic rings. The Hall–Kier alpha value is -3.81. The van der Waals surface area contributed by atoms with Gasteiger partial charge in [-0.3, -0.25) is 4.79 Å². The summed E-state index contributed by atoms with van der Waals surface area (Å²) in [5, 5.41) is 0.872. The third-order valence-electron chi connectivity index (χ3n) is 6.67. The van der Waals surface area contributed by atoms with Gasteiger partial charge in [0.05, 0.1) is 30.8 Å². The first-order valence-corrected chi connectivity index (χ1v) is 13.1. The van der Waals surface area contributed by atoms with E-state index in [4.69, 9.17) is 29.1 Å². The second-order valence-electron chi connectivity index (χ2n) is 9.30. The van der Waals surface area contributed by atoms with E-state index in [0.717, 1.165) is 58.2 Å². The first-order chi connectivity index (χ1) is 18.7. The molecule has 0 bridgehead atoms. The number of hydrogen-bond donors (Lipinski definition) is 1. The van der Waals surface area contributed by atoms with Crippen LogP contribution in [0.3, 0.4) is 0 Å². The highest BCUT2D eigenvalue weighted by Crippen LogP contribution is 2.40. The summed E-state index contributed by atoms with van der Waals surface area (Å²) in [5.41, 5.74) is 11.3. The zero-order valence-corrected chi connectivity index (χ0v) is 21.6. The SMILES string of the molecule is CCOC(=O)Cc1ccccc1OCc1cc(-c2cccc(CN)c2)c2occc2c1OCC1CCCO1. The fraction of sp³-hybridized carbons (Fsp3) is 0.323. The molecule has 198 valence electrons. The maximum absolute atomic E-state index is 12.1. The van der Waals surface area contributed by atoms with Crippen molar-refractivity contribution >= 4 is 16.9 Å². The van der Waals surface area contributed by atoms with Crippen LogP contribution in [0.15, 0.2) is 71.3 Å². The number of hydrogen-bond acceptors (Lipinski definition) is 7. The molecule has 7 heteroatoms. The molecule has 1 fully saturated rings. The van der Waals surface area contributed by atoms with Crippen LogP contribution in [-0.4, -0.2) is 31.9 Å². The van der Waals surface area contributed by atoms with Gasteiger partial charge in [-0.15, -0.1) is 0 Å². The Morgan fingerprint density at radius 1 is 1.05 bits per heavy atom. The van der Waals surface area contributed by atoms with Crippen LogP contribution in [0.2, 0.25) is 0 Å². The van der Waals surface area contributed by atoms with E-state index in [1.165, 1.54) is 0 Å². The Balaban J connectivity index is 1.50. The monoisotopic (exact) mass is 515 g/mol. The third kappa shape index (κ3) is 5.85. The van der Waals surface area contributed by atoms with Crippen molar-refractivity contribution in [3.8, 4) is 22.6 Å². The highest BCUT2D eigenvalue weighted by molar-refractivity contribution is 5.97. The van der Waals surface area contributed by atoms with E-state index in [1.807, 2.05) is 48.5 Å². The summed E-state index contributed by atoms with van der Waals surface area (Å²) in [4.78, 5) is 12.1. The normalized spacial score (nSPS) is 15.1. The van der Waals surface area contributed by atoms with Crippen molar-refractivity contribution in [3.63, 3.8) is 0 Å². The van der Waals surface area contributed by atoms with E-state index in [1.54, 1.807) is 13.2 Å². The van der Waals surface area contributed by atoms with Gasteiger partial charge in [-0.25, -0.2) is 0 Å². The van der Waals surface area contributed by atoms with Crippen LogP contribution in [0.4, 0.5) is 0 Å². The van der Waals surface area contributed by atoms with Gasteiger partial charge in [-0.05, 0) is 55.2 Å². The number of rotatable bonds is 11. The number of para-hydroxylation sites is 1. The molecule has 1 atom stereocenters. The van der Waals surface area contributed by atoms with Gasteiger partial charge in [0.25, 0.3) is 0 Å².